The molecule has 2 fully saturated rings. The maximum absolute atomic E-state index is 13.5. The number of carbonyl (C=O) groups is 2. The Morgan fingerprint density at radius 2 is 1.68 bits per heavy atom. The van der Waals surface area contributed by atoms with Crippen LogP contribution in [0.2, 0.25) is 0 Å². The third-order valence-corrected chi connectivity index (χ3v) is 7.29. The molecule has 0 spiro atoms. The summed E-state index contributed by atoms with van der Waals surface area (Å²) in [6.45, 7) is 3.02. The predicted molar refractivity (Wildman–Crippen MR) is 130 cm³/mol. The van der Waals surface area contributed by atoms with Crippen LogP contribution in [0.4, 0.5) is 5.69 Å². The number of anilines is 1. The van der Waals surface area contributed by atoms with E-state index in [4.69, 9.17) is 9.47 Å². The molecule has 2 heterocycles. The van der Waals surface area contributed by atoms with E-state index in [2.05, 4.69) is 22.3 Å². The van der Waals surface area contributed by atoms with Crippen LogP contribution in [0, 0.1) is 5.92 Å². The second-order valence-corrected chi connectivity index (χ2v) is 9.45. The number of ether oxygens (including phenoxy) is 2. The number of benzene rings is 2. The van der Waals surface area contributed by atoms with E-state index >= 15 is 0 Å². The van der Waals surface area contributed by atoms with Crippen LogP contribution < -0.4 is 14.8 Å². The molecule has 2 amide bonds. The molecule has 1 atom stereocenters. The lowest BCUT2D eigenvalue weighted by Gasteiger charge is -2.40. The fraction of sp³-hybridized carbons (Fsp3) is 0.481. The Bertz CT molecular complexity index is 998. The fourth-order valence-corrected chi connectivity index (χ4v) is 5.45. The van der Waals surface area contributed by atoms with Crippen LogP contribution in [0.3, 0.4) is 0 Å². The monoisotopic (exact) mass is 463 g/mol. The normalized spacial score (nSPS) is 19.2. The summed E-state index contributed by atoms with van der Waals surface area (Å²) < 4.78 is 10.8. The Morgan fingerprint density at radius 1 is 0.941 bits per heavy atom. The first-order chi connectivity index (χ1) is 16.7. The summed E-state index contributed by atoms with van der Waals surface area (Å²) in [4.78, 5) is 30.5. The van der Waals surface area contributed by atoms with Gasteiger partial charge >= 0.3 is 0 Å². The zero-order chi connectivity index (χ0) is 23.3. The predicted octanol–water partition coefficient (Wildman–Crippen LogP) is 3.69. The van der Waals surface area contributed by atoms with Gasteiger partial charge in [-0.3, -0.25) is 14.5 Å². The van der Waals surface area contributed by atoms with Gasteiger partial charge in [0.15, 0.2) is 11.5 Å². The number of nitrogens with one attached hydrogen (secondary N) is 1. The van der Waals surface area contributed by atoms with E-state index in [0.29, 0.717) is 36.9 Å². The highest BCUT2D eigenvalue weighted by molar-refractivity contribution is 5.95. The molecule has 1 saturated carbocycles. The molecule has 0 bridgehead atoms. The minimum absolute atomic E-state index is 0.0367. The lowest BCUT2D eigenvalue weighted by molar-refractivity contribution is -0.134. The van der Waals surface area contributed by atoms with E-state index in [9.17, 15) is 9.59 Å². The number of hydrogen-bond acceptors (Lipinski definition) is 5. The van der Waals surface area contributed by atoms with Gasteiger partial charge in [-0.1, -0.05) is 43.2 Å². The Labute approximate surface area is 201 Å². The molecular weight excluding hydrogens is 430 g/mol. The van der Waals surface area contributed by atoms with Crippen molar-refractivity contribution in [1.82, 2.24) is 9.80 Å². The van der Waals surface area contributed by atoms with Gasteiger partial charge in [0.2, 0.25) is 18.6 Å². The van der Waals surface area contributed by atoms with Gasteiger partial charge in [0.05, 0.1) is 6.04 Å². The third kappa shape index (κ3) is 5.20. The molecule has 7 nitrogen and oxygen atoms in total. The van der Waals surface area contributed by atoms with E-state index in [1.807, 2.05) is 41.3 Å². The summed E-state index contributed by atoms with van der Waals surface area (Å²) in [7, 11) is 0. The van der Waals surface area contributed by atoms with Crippen LogP contribution >= 0.6 is 0 Å². The van der Waals surface area contributed by atoms with Gasteiger partial charge in [-0.15, -0.1) is 0 Å². The highest BCUT2D eigenvalue weighted by atomic mass is 16.7. The van der Waals surface area contributed by atoms with Crippen LogP contribution in [0.1, 0.15) is 37.7 Å². The maximum atomic E-state index is 13.5. The van der Waals surface area contributed by atoms with Gasteiger partial charge in [0.25, 0.3) is 0 Å². The first-order valence-corrected chi connectivity index (χ1v) is 12.4. The van der Waals surface area contributed by atoms with Crippen molar-refractivity contribution in [3.05, 3.63) is 54.1 Å². The smallest absolute Gasteiger partial charge is 0.242 e. The van der Waals surface area contributed by atoms with E-state index in [1.165, 1.54) is 18.4 Å². The fourth-order valence-electron chi connectivity index (χ4n) is 5.45. The molecule has 2 aliphatic heterocycles. The molecule has 34 heavy (non-hydrogen) atoms. The zero-order valence-electron chi connectivity index (χ0n) is 19.6. The van der Waals surface area contributed by atoms with Gasteiger partial charge in [-0.25, -0.2) is 0 Å². The lowest BCUT2D eigenvalue weighted by atomic mass is 9.94. The topological polar surface area (TPSA) is 71.1 Å². The number of piperazine rings is 1. The van der Waals surface area contributed by atoms with Crippen molar-refractivity contribution in [2.75, 3.05) is 38.3 Å². The van der Waals surface area contributed by atoms with Crippen molar-refractivity contribution in [2.45, 2.75) is 44.6 Å². The van der Waals surface area contributed by atoms with Crippen LogP contribution in [0.5, 0.6) is 11.5 Å². The van der Waals surface area contributed by atoms with Crippen LogP contribution in [-0.2, 0) is 16.0 Å². The Hall–Kier alpha value is -3.06. The minimum Gasteiger partial charge on any atom is -0.454 e. The Kier molecular flexibility index (Phi) is 7.00. The van der Waals surface area contributed by atoms with E-state index in [0.717, 1.165) is 38.0 Å². The maximum Gasteiger partial charge on any atom is 0.242 e. The standard InChI is InChI=1S/C27H33N3O4/c31-25(13-10-20-6-2-1-3-7-20)29-14-16-30(17-15-29)26(21-8-4-5-9-21)27(32)28-22-11-12-23-24(18-22)34-19-33-23/h1-3,6-7,11-12,18,21,26H,4-5,8-10,13-17,19H2,(H,28,32). The minimum atomic E-state index is -0.172. The van der Waals surface area contributed by atoms with E-state index in [-0.39, 0.29) is 24.6 Å². The van der Waals surface area contributed by atoms with Gasteiger partial charge in [-0.2, -0.15) is 0 Å². The summed E-state index contributed by atoms with van der Waals surface area (Å²) in [6, 6.07) is 15.5. The van der Waals surface area contributed by atoms with Crippen LogP contribution in [0.15, 0.2) is 48.5 Å². The molecule has 1 N–H and O–H groups in total. The molecule has 1 unspecified atom stereocenters. The average Bonchev–Trinajstić information content (AvgIpc) is 3.56. The second kappa shape index (κ2) is 10.5. The number of rotatable bonds is 7. The number of hydrogen-bond donors (Lipinski definition) is 1. The second-order valence-electron chi connectivity index (χ2n) is 9.45. The molecule has 1 aliphatic carbocycles. The average molecular weight is 464 g/mol. The van der Waals surface area contributed by atoms with Crippen LogP contribution in [-0.4, -0.2) is 60.6 Å². The molecular formula is C27H33N3O4. The first-order valence-electron chi connectivity index (χ1n) is 12.4. The molecule has 1 saturated heterocycles. The van der Waals surface area contributed by atoms with Crippen molar-refractivity contribution in [1.29, 1.82) is 0 Å². The van der Waals surface area contributed by atoms with Gasteiger partial charge < -0.3 is 19.7 Å². The molecule has 180 valence electrons. The summed E-state index contributed by atoms with van der Waals surface area (Å²) in [5.74, 6) is 1.96. The third-order valence-electron chi connectivity index (χ3n) is 7.29. The molecule has 2 aromatic rings. The van der Waals surface area contributed by atoms with Crippen molar-refractivity contribution in [2.24, 2.45) is 5.92 Å². The van der Waals surface area contributed by atoms with Crippen molar-refractivity contribution < 1.29 is 19.1 Å². The lowest BCUT2D eigenvalue weighted by Crippen LogP contribution is -2.57. The summed E-state index contributed by atoms with van der Waals surface area (Å²) in [5, 5.41) is 3.12. The SMILES string of the molecule is O=C(Nc1ccc2c(c1)OCO2)C(C1CCCC1)N1CCN(C(=O)CCc2ccccc2)CC1. The number of aryl methyl sites for hydroxylation is 1. The number of carbonyl (C=O) groups excluding carboxylic acids is 2. The number of nitrogens with zero attached hydrogens (tertiary/aromatic N) is 2. The quantitative estimate of drug-likeness (QED) is 0.678. The zero-order valence-corrected chi connectivity index (χ0v) is 19.6. The van der Waals surface area contributed by atoms with Crippen molar-refractivity contribution >= 4 is 17.5 Å². The van der Waals surface area contributed by atoms with Gasteiger partial charge in [-0.05, 0) is 42.9 Å². The molecule has 3 aliphatic rings. The van der Waals surface area contributed by atoms with E-state index < -0.39 is 0 Å². The van der Waals surface area contributed by atoms with Gasteiger partial charge in [0.1, 0.15) is 0 Å². The van der Waals surface area contributed by atoms with E-state index in [1.54, 1.807) is 0 Å². The van der Waals surface area contributed by atoms with Crippen molar-refractivity contribution in [3.63, 3.8) is 0 Å². The van der Waals surface area contributed by atoms with Gasteiger partial charge in [0, 0.05) is 44.4 Å². The molecule has 0 radical (unpaired) electrons. The molecule has 7 heteroatoms. The number of fused-ring (bicyclic) bond motifs is 1. The summed E-state index contributed by atoms with van der Waals surface area (Å²) in [6.07, 6.45) is 5.81. The highest BCUT2D eigenvalue weighted by Crippen LogP contribution is 2.35. The molecule has 5 rings (SSSR count). The summed E-state index contributed by atoms with van der Waals surface area (Å²) in [5.41, 5.74) is 1.92. The Morgan fingerprint density at radius 3 is 2.44 bits per heavy atom. The van der Waals surface area contributed by atoms with Crippen molar-refractivity contribution in [3.8, 4) is 11.5 Å². The highest BCUT2D eigenvalue weighted by Gasteiger charge is 2.37. The Balaban J connectivity index is 1.19. The first kappa shape index (κ1) is 22.7. The summed E-state index contributed by atoms with van der Waals surface area (Å²) >= 11 is 0. The molecule has 0 aromatic heterocycles. The molecule has 2 aromatic carbocycles. The number of amides is 2. The van der Waals surface area contributed by atoms with Crippen LogP contribution in [0.25, 0.3) is 0 Å². The largest absolute Gasteiger partial charge is 0.454 e.